The van der Waals surface area contributed by atoms with Crippen LogP contribution in [0.15, 0.2) is 48.5 Å². The van der Waals surface area contributed by atoms with Gasteiger partial charge in [-0.2, -0.15) is 0 Å². The molecule has 0 aliphatic heterocycles. The second-order valence-electron chi connectivity index (χ2n) is 5.15. The van der Waals surface area contributed by atoms with Crippen molar-refractivity contribution in [3.05, 3.63) is 65.2 Å². The Hall–Kier alpha value is -2.75. The molecule has 0 radical (unpaired) electrons. The van der Waals surface area contributed by atoms with Crippen molar-refractivity contribution >= 4 is 12.0 Å². The summed E-state index contributed by atoms with van der Waals surface area (Å²) in [6.45, 7) is 2.46. The van der Waals surface area contributed by atoms with Gasteiger partial charge < -0.3 is 14.8 Å². The van der Waals surface area contributed by atoms with E-state index >= 15 is 0 Å². The average molecular weight is 311 g/mol. The smallest absolute Gasteiger partial charge is 0.244 e. The molecule has 4 heteroatoms. The number of rotatable bonds is 6. The van der Waals surface area contributed by atoms with Crippen molar-refractivity contribution in [2.75, 3.05) is 14.2 Å². The van der Waals surface area contributed by atoms with Crippen LogP contribution in [0, 0.1) is 6.92 Å². The minimum atomic E-state index is -0.139. The van der Waals surface area contributed by atoms with Crippen molar-refractivity contribution in [2.24, 2.45) is 0 Å². The van der Waals surface area contributed by atoms with E-state index in [1.807, 2.05) is 49.4 Å². The second kappa shape index (κ2) is 8.03. The number of hydrogen-bond donors (Lipinski definition) is 1. The molecule has 0 aliphatic rings. The van der Waals surface area contributed by atoms with Crippen molar-refractivity contribution < 1.29 is 14.3 Å². The normalized spacial score (nSPS) is 10.6. The molecule has 2 aromatic carbocycles. The lowest BCUT2D eigenvalue weighted by molar-refractivity contribution is -0.116. The summed E-state index contributed by atoms with van der Waals surface area (Å²) in [6.07, 6.45) is 3.33. The third-order valence-electron chi connectivity index (χ3n) is 3.42. The molecule has 2 aromatic rings. The third kappa shape index (κ3) is 4.88. The quantitative estimate of drug-likeness (QED) is 0.832. The van der Waals surface area contributed by atoms with Gasteiger partial charge in [-0.1, -0.05) is 35.9 Å². The topological polar surface area (TPSA) is 47.6 Å². The summed E-state index contributed by atoms with van der Waals surface area (Å²) >= 11 is 0. The second-order valence-corrected chi connectivity index (χ2v) is 5.15. The summed E-state index contributed by atoms with van der Waals surface area (Å²) in [6, 6.07) is 13.6. The maximum atomic E-state index is 11.9. The van der Waals surface area contributed by atoms with Crippen LogP contribution in [0.4, 0.5) is 0 Å². The Kier molecular flexibility index (Phi) is 5.80. The van der Waals surface area contributed by atoms with Crippen molar-refractivity contribution in [3.63, 3.8) is 0 Å². The third-order valence-corrected chi connectivity index (χ3v) is 3.42. The number of aryl methyl sites for hydroxylation is 1. The summed E-state index contributed by atoms with van der Waals surface area (Å²) in [5, 5.41) is 2.85. The van der Waals surface area contributed by atoms with Gasteiger partial charge in [-0.3, -0.25) is 4.79 Å². The van der Waals surface area contributed by atoms with E-state index in [2.05, 4.69) is 5.32 Å². The van der Waals surface area contributed by atoms with E-state index in [1.165, 1.54) is 11.6 Å². The number of methoxy groups -OCH3 is 2. The zero-order chi connectivity index (χ0) is 16.7. The van der Waals surface area contributed by atoms with E-state index in [-0.39, 0.29) is 5.91 Å². The highest BCUT2D eigenvalue weighted by molar-refractivity contribution is 5.91. The maximum absolute atomic E-state index is 11.9. The largest absolute Gasteiger partial charge is 0.493 e. The predicted molar refractivity (Wildman–Crippen MR) is 91.6 cm³/mol. The van der Waals surface area contributed by atoms with Crippen LogP contribution in [-0.2, 0) is 11.3 Å². The predicted octanol–water partition coefficient (Wildman–Crippen LogP) is 3.34. The molecule has 0 aromatic heterocycles. The minimum Gasteiger partial charge on any atom is -0.493 e. The Labute approximate surface area is 136 Å². The van der Waals surface area contributed by atoms with Crippen molar-refractivity contribution in [1.82, 2.24) is 5.32 Å². The summed E-state index contributed by atoms with van der Waals surface area (Å²) in [7, 11) is 3.18. The molecule has 0 spiro atoms. The Bertz CT molecular complexity index is 690. The van der Waals surface area contributed by atoms with Crippen molar-refractivity contribution in [2.45, 2.75) is 13.5 Å². The van der Waals surface area contributed by atoms with Crippen LogP contribution < -0.4 is 14.8 Å². The number of carbonyl (C=O) groups excluding carboxylic acids is 1. The zero-order valence-corrected chi connectivity index (χ0v) is 13.6. The van der Waals surface area contributed by atoms with Crippen LogP contribution >= 0.6 is 0 Å². The van der Waals surface area contributed by atoms with Gasteiger partial charge in [0.1, 0.15) is 0 Å². The van der Waals surface area contributed by atoms with Gasteiger partial charge in [-0.05, 0) is 36.3 Å². The molecule has 0 unspecified atom stereocenters. The van der Waals surface area contributed by atoms with Gasteiger partial charge in [0.15, 0.2) is 11.5 Å². The fourth-order valence-electron chi connectivity index (χ4n) is 2.09. The average Bonchev–Trinajstić information content (AvgIpc) is 2.59. The van der Waals surface area contributed by atoms with Crippen LogP contribution in [0.3, 0.4) is 0 Å². The van der Waals surface area contributed by atoms with Crippen molar-refractivity contribution in [3.8, 4) is 11.5 Å². The molecule has 2 rings (SSSR count). The molecule has 0 bridgehead atoms. The van der Waals surface area contributed by atoms with Crippen LogP contribution in [0.2, 0.25) is 0 Å². The van der Waals surface area contributed by atoms with E-state index < -0.39 is 0 Å². The molecule has 1 N–H and O–H groups in total. The lowest BCUT2D eigenvalue weighted by atomic mass is 10.1. The van der Waals surface area contributed by atoms with Crippen LogP contribution in [-0.4, -0.2) is 20.1 Å². The molecular weight excluding hydrogens is 290 g/mol. The molecule has 0 saturated carbocycles. The number of benzene rings is 2. The van der Waals surface area contributed by atoms with E-state index in [0.717, 1.165) is 11.1 Å². The molecule has 120 valence electrons. The van der Waals surface area contributed by atoms with E-state index in [0.29, 0.717) is 18.0 Å². The summed E-state index contributed by atoms with van der Waals surface area (Å²) < 4.78 is 10.4. The lowest BCUT2D eigenvalue weighted by Crippen LogP contribution is -2.20. The van der Waals surface area contributed by atoms with Crippen LogP contribution in [0.25, 0.3) is 6.08 Å². The van der Waals surface area contributed by atoms with Gasteiger partial charge in [0, 0.05) is 12.6 Å². The maximum Gasteiger partial charge on any atom is 0.244 e. The highest BCUT2D eigenvalue weighted by Gasteiger charge is 2.05. The number of amides is 1. The van der Waals surface area contributed by atoms with E-state index in [4.69, 9.17) is 9.47 Å². The first kappa shape index (κ1) is 16.6. The molecule has 0 heterocycles. The molecule has 0 atom stereocenters. The molecule has 0 saturated heterocycles. The first-order valence-electron chi connectivity index (χ1n) is 7.36. The monoisotopic (exact) mass is 311 g/mol. The fraction of sp³-hybridized carbons (Fsp3) is 0.211. The number of hydrogen-bond acceptors (Lipinski definition) is 3. The highest BCUT2D eigenvalue weighted by atomic mass is 16.5. The molecule has 0 fully saturated rings. The standard InChI is InChI=1S/C19H21NO3/c1-14-4-6-15(7-5-14)9-11-19(21)20-13-16-8-10-17(22-2)18(12-16)23-3/h4-12H,13H2,1-3H3,(H,20,21)/b11-9+. The summed E-state index contributed by atoms with van der Waals surface area (Å²) in [5.74, 6) is 1.18. The Balaban J connectivity index is 1.92. The van der Waals surface area contributed by atoms with Gasteiger partial charge in [0.05, 0.1) is 14.2 Å². The first-order chi connectivity index (χ1) is 11.1. The van der Waals surface area contributed by atoms with E-state index in [1.54, 1.807) is 20.3 Å². The van der Waals surface area contributed by atoms with Crippen LogP contribution in [0.1, 0.15) is 16.7 Å². The van der Waals surface area contributed by atoms with Gasteiger partial charge >= 0.3 is 0 Å². The highest BCUT2D eigenvalue weighted by Crippen LogP contribution is 2.27. The van der Waals surface area contributed by atoms with Crippen molar-refractivity contribution in [1.29, 1.82) is 0 Å². The number of ether oxygens (including phenoxy) is 2. The van der Waals surface area contributed by atoms with Gasteiger partial charge in [0.25, 0.3) is 0 Å². The fourth-order valence-corrected chi connectivity index (χ4v) is 2.09. The van der Waals surface area contributed by atoms with Gasteiger partial charge in [0.2, 0.25) is 5.91 Å². The molecule has 23 heavy (non-hydrogen) atoms. The van der Waals surface area contributed by atoms with E-state index in [9.17, 15) is 4.79 Å². The molecular formula is C19H21NO3. The summed E-state index contributed by atoms with van der Waals surface area (Å²) in [4.78, 5) is 11.9. The molecule has 1 amide bonds. The molecule has 0 aliphatic carbocycles. The molecule has 4 nitrogen and oxygen atoms in total. The Morgan fingerprint density at radius 1 is 1.04 bits per heavy atom. The first-order valence-corrected chi connectivity index (χ1v) is 7.36. The number of carbonyl (C=O) groups is 1. The lowest BCUT2D eigenvalue weighted by Gasteiger charge is -2.09. The zero-order valence-electron chi connectivity index (χ0n) is 13.6. The SMILES string of the molecule is COc1ccc(CNC(=O)/C=C/c2ccc(C)cc2)cc1OC. The van der Waals surface area contributed by atoms with Crippen LogP contribution in [0.5, 0.6) is 11.5 Å². The number of nitrogens with one attached hydrogen (secondary N) is 1. The Morgan fingerprint density at radius 3 is 2.39 bits per heavy atom. The van der Waals surface area contributed by atoms with Gasteiger partial charge in [-0.25, -0.2) is 0 Å². The van der Waals surface area contributed by atoms with Gasteiger partial charge in [-0.15, -0.1) is 0 Å². The summed E-state index contributed by atoms with van der Waals surface area (Å²) in [5.41, 5.74) is 3.14. The minimum absolute atomic E-state index is 0.139. The Morgan fingerprint density at radius 2 is 1.74 bits per heavy atom.